The number of nitriles is 1. The maximum Gasteiger partial charge on any atom is 0.257 e. The molecule has 110 valence electrons. The molecule has 0 aliphatic carbocycles. The van der Waals surface area contributed by atoms with Crippen LogP contribution in [0.1, 0.15) is 30.7 Å². The Morgan fingerprint density at radius 3 is 2.82 bits per heavy atom. The number of H-pyrrole nitrogens is 1. The molecule has 3 rings (SSSR count). The predicted octanol–water partition coefficient (Wildman–Crippen LogP) is 3.14. The molecule has 0 saturated carbocycles. The van der Waals surface area contributed by atoms with Gasteiger partial charge in [0.15, 0.2) is 0 Å². The van der Waals surface area contributed by atoms with Crippen LogP contribution in [-0.4, -0.2) is 20.4 Å². The molecule has 0 fully saturated rings. The summed E-state index contributed by atoms with van der Waals surface area (Å²) in [5.41, 5.74) is 3.07. The number of aromatic amines is 1. The zero-order valence-electron chi connectivity index (χ0n) is 12.4. The van der Waals surface area contributed by atoms with E-state index in [4.69, 9.17) is 4.74 Å². The first-order valence-corrected chi connectivity index (χ1v) is 7.16. The van der Waals surface area contributed by atoms with Gasteiger partial charge in [-0.25, -0.2) is 0 Å². The lowest BCUT2D eigenvalue weighted by atomic mass is 10.0. The van der Waals surface area contributed by atoms with Crippen LogP contribution in [0, 0.1) is 11.3 Å². The maximum absolute atomic E-state index is 9.45. The number of hydrogen-bond acceptors (Lipinski definition) is 5. The van der Waals surface area contributed by atoms with Crippen LogP contribution in [0.4, 0.5) is 0 Å². The Balaban J connectivity index is 2.02. The highest BCUT2D eigenvalue weighted by Gasteiger charge is 2.16. The fourth-order valence-corrected chi connectivity index (χ4v) is 2.43. The molecule has 1 aromatic carbocycles. The molecule has 0 atom stereocenters. The first-order valence-electron chi connectivity index (χ1n) is 7.16. The van der Waals surface area contributed by atoms with E-state index in [0.717, 1.165) is 35.0 Å². The summed E-state index contributed by atoms with van der Waals surface area (Å²) >= 11 is 0. The van der Waals surface area contributed by atoms with Gasteiger partial charge in [-0.15, -0.1) is 5.10 Å². The Morgan fingerprint density at radius 1 is 1.23 bits per heavy atom. The number of hydrogen-bond donors (Lipinski definition) is 1. The zero-order valence-corrected chi connectivity index (χ0v) is 12.4. The summed E-state index contributed by atoms with van der Waals surface area (Å²) in [6, 6.07) is 7.74. The van der Waals surface area contributed by atoms with E-state index < -0.39 is 0 Å². The van der Waals surface area contributed by atoms with Crippen LogP contribution in [0.2, 0.25) is 0 Å². The van der Waals surface area contributed by atoms with Crippen molar-refractivity contribution in [1.82, 2.24) is 20.4 Å². The molecular weight excluding hydrogens is 278 g/mol. The van der Waals surface area contributed by atoms with Gasteiger partial charge in [-0.2, -0.15) is 15.5 Å². The molecule has 0 unspecified atom stereocenters. The minimum Gasteiger partial charge on any atom is -0.436 e. The van der Waals surface area contributed by atoms with Crippen molar-refractivity contribution in [2.24, 2.45) is 0 Å². The number of rotatable bonds is 4. The van der Waals surface area contributed by atoms with E-state index in [9.17, 15) is 5.26 Å². The van der Waals surface area contributed by atoms with Gasteiger partial charge in [-0.05, 0) is 30.5 Å². The van der Waals surface area contributed by atoms with E-state index in [2.05, 4.69) is 26.5 Å². The standard InChI is InChI=1S/C16H15N5O/c1-3-12-13(8-17)16(21-20-14(12)4-2)22-11-6-5-10-9-18-19-15(10)7-11/h5-7,9H,3-4H2,1-2H3,(H,18,19). The van der Waals surface area contributed by atoms with Crippen LogP contribution < -0.4 is 4.74 Å². The lowest BCUT2D eigenvalue weighted by molar-refractivity contribution is 0.451. The molecule has 2 heterocycles. The minimum atomic E-state index is 0.246. The minimum absolute atomic E-state index is 0.246. The Hall–Kier alpha value is -2.94. The van der Waals surface area contributed by atoms with Gasteiger partial charge in [0.05, 0.1) is 17.4 Å². The highest BCUT2D eigenvalue weighted by Crippen LogP contribution is 2.28. The number of aryl methyl sites for hydroxylation is 1. The molecule has 2 aromatic heterocycles. The second kappa shape index (κ2) is 5.82. The summed E-state index contributed by atoms with van der Waals surface area (Å²) in [4.78, 5) is 0. The lowest BCUT2D eigenvalue weighted by Crippen LogP contribution is -2.05. The number of aromatic nitrogens is 4. The van der Waals surface area contributed by atoms with E-state index in [1.807, 2.05) is 32.0 Å². The molecule has 0 aliphatic heterocycles. The third-order valence-corrected chi connectivity index (χ3v) is 3.55. The van der Waals surface area contributed by atoms with Crippen molar-refractivity contribution in [2.45, 2.75) is 26.7 Å². The van der Waals surface area contributed by atoms with Crippen LogP contribution in [0.3, 0.4) is 0 Å². The summed E-state index contributed by atoms with van der Waals surface area (Å²) in [6.07, 6.45) is 3.20. The molecule has 0 saturated heterocycles. The molecule has 22 heavy (non-hydrogen) atoms. The van der Waals surface area contributed by atoms with Crippen LogP contribution in [-0.2, 0) is 12.8 Å². The molecule has 6 nitrogen and oxygen atoms in total. The summed E-state index contributed by atoms with van der Waals surface area (Å²) in [6.45, 7) is 3.99. The van der Waals surface area contributed by atoms with Crippen molar-refractivity contribution >= 4 is 10.9 Å². The van der Waals surface area contributed by atoms with Gasteiger partial charge >= 0.3 is 0 Å². The van der Waals surface area contributed by atoms with E-state index in [1.54, 1.807) is 6.20 Å². The normalized spacial score (nSPS) is 10.6. The molecule has 3 aromatic rings. The van der Waals surface area contributed by atoms with Crippen LogP contribution in [0.5, 0.6) is 11.6 Å². The quantitative estimate of drug-likeness (QED) is 0.798. The number of nitrogens with zero attached hydrogens (tertiary/aromatic N) is 4. The van der Waals surface area contributed by atoms with Crippen molar-refractivity contribution in [2.75, 3.05) is 0 Å². The number of fused-ring (bicyclic) bond motifs is 1. The van der Waals surface area contributed by atoms with Gasteiger partial charge < -0.3 is 4.74 Å². The smallest absolute Gasteiger partial charge is 0.257 e. The number of nitrogens with one attached hydrogen (secondary N) is 1. The summed E-state index contributed by atoms with van der Waals surface area (Å²) in [7, 11) is 0. The van der Waals surface area contributed by atoms with Crippen LogP contribution in [0.25, 0.3) is 10.9 Å². The van der Waals surface area contributed by atoms with Crippen molar-refractivity contribution in [3.05, 3.63) is 41.2 Å². The van der Waals surface area contributed by atoms with Gasteiger partial charge in [0, 0.05) is 11.5 Å². The molecule has 0 aliphatic rings. The van der Waals surface area contributed by atoms with E-state index >= 15 is 0 Å². The summed E-state index contributed by atoms with van der Waals surface area (Å²) < 4.78 is 5.78. The first-order chi connectivity index (χ1) is 10.8. The van der Waals surface area contributed by atoms with E-state index in [-0.39, 0.29) is 5.88 Å². The molecule has 0 radical (unpaired) electrons. The first kappa shape index (κ1) is 14.0. The van der Waals surface area contributed by atoms with Crippen molar-refractivity contribution < 1.29 is 4.74 Å². The SMILES string of the molecule is CCc1nnc(Oc2ccc3cn[nH]c3c2)c(C#N)c1CC. The van der Waals surface area contributed by atoms with E-state index in [0.29, 0.717) is 11.3 Å². The van der Waals surface area contributed by atoms with Gasteiger partial charge in [0.2, 0.25) is 0 Å². The summed E-state index contributed by atoms with van der Waals surface area (Å²) in [5.74, 6) is 0.837. The zero-order chi connectivity index (χ0) is 15.5. The van der Waals surface area contributed by atoms with Crippen LogP contribution >= 0.6 is 0 Å². The monoisotopic (exact) mass is 293 g/mol. The maximum atomic E-state index is 9.45. The van der Waals surface area contributed by atoms with Gasteiger partial charge in [-0.3, -0.25) is 5.10 Å². The van der Waals surface area contributed by atoms with Gasteiger partial charge in [0.25, 0.3) is 5.88 Å². The summed E-state index contributed by atoms with van der Waals surface area (Å²) in [5, 5.41) is 25.6. The lowest BCUT2D eigenvalue weighted by Gasteiger charge is -2.11. The third-order valence-electron chi connectivity index (χ3n) is 3.55. The van der Waals surface area contributed by atoms with Gasteiger partial charge in [-0.1, -0.05) is 13.8 Å². The number of benzene rings is 1. The largest absolute Gasteiger partial charge is 0.436 e. The second-order valence-corrected chi connectivity index (χ2v) is 4.85. The molecule has 0 amide bonds. The third kappa shape index (κ3) is 2.37. The van der Waals surface area contributed by atoms with Gasteiger partial charge in [0.1, 0.15) is 17.4 Å². The average Bonchev–Trinajstić information content (AvgIpc) is 3.01. The fraction of sp³-hybridized carbons (Fsp3) is 0.250. The van der Waals surface area contributed by atoms with Crippen molar-refractivity contribution in [3.8, 4) is 17.7 Å². The Labute approximate surface area is 127 Å². The average molecular weight is 293 g/mol. The molecule has 6 heteroatoms. The molecule has 1 N–H and O–H groups in total. The second-order valence-electron chi connectivity index (χ2n) is 4.85. The van der Waals surface area contributed by atoms with Crippen LogP contribution in [0.15, 0.2) is 24.4 Å². The highest BCUT2D eigenvalue weighted by atomic mass is 16.5. The Bertz CT molecular complexity index is 863. The predicted molar refractivity (Wildman–Crippen MR) is 81.7 cm³/mol. The molecule has 0 spiro atoms. The van der Waals surface area contributed by atoms with Crippen molar-refractivity contribution in [1.29, 1.82) is 5.26 Å². The topological polar surface area (TPSA) is 87.5 Å². The number of ether oxygens (including phenoxy) is 1. The Morgan fingerprint density at radius 2 is 2.09 bits per heavy atom. The molecular formula is C16H15N5O. The molecule has 0 bridgehead atoms. The highest BCUT2D eigenvalue weighted by molar-refractivity contribution is 5.79. The fourth-order valence-electron chi connectivity index (χ4n) is 2.43. The van der Waals surface area contributed by atoms with Crippen molar-refractivity contribution in [3.63, 3.8) is 0 Å². The van der Waals surface area contributed by atoms with E-state index in [1.165, 1.54) is 0 Å². The Kier molecular flexibility index (Phi) is 3.71.